The van der Waals surface area contributed by atoms with Crippen molar-refractivity contribution in [3.8, 4) is 0 Å². The number of hydrogen-bond acceptors (Lipinski definition) is 3. The molecule has 0 aromatic heterocycles. The zero-order valence-corrected chi connectivity index (χ0v) is 8.79. The van der Waals surface area contributed by atoms with Gasteiger partial charge in [0.1, 0.15) is 11.4 Å². The van der Waals surface area contributed by atoms with Crippen LogP contribution in [0, 0.1) is 5.82 Å². The first-order valence-corrected chi connectivity index (χ1v) is 3.77. The zero-order chi connectivity index (χ0) is 10.0. The molecule has 2 N–H and O–H groups in total. The molecule has 0 aliphatic heterocycles. The monoisotopic (exact) mass is 239 g/mol. The van der Waals surface area contributed by atoms with Gasteiger partial charge in [-0.2, -0.15) is 0 Å². The largest absolute Gasteiger partial charge is 0.465 e. The number of benzene rings is 1. The highest BCUT2D eigenvalue weighted by Gasteiger charge is 2.18. The van der Waals surface area contributed by atoms with E-state index in [0.717, 1.165) is 13.2 Å². The molecule has 0 saturated carbocycles. The number of anilines is 1. The predicted octanol–water partition coefficient (Wildman–Crippen LogP) is 2.27. The Labute approximate surface area is 91.4 Å². The van der Waals surface area contributed by atoms with Crippen molar-refractivity contribution in [3.63, 3.8) is 0 Å². The van der Waals surface area contributed by atoms with Crippen LogP contribution in [0.5, 0.6) is 0 Å². The Balaban J connectivity index is 0.00000169. The molecule has 3 nitrogen and oxygen atoms in total. The number of hydrogen-bond donors (Lipinski definition) is 1. The quantitative estimate of drug-likeness (QED) is 0.605. The van der Waals surface area contributed by atoms with E-state index in [0.29, 0.717) is 0 Å². The minimum Gasteiger partial charge on any atom is -0.465 e. The fraction of sp³-hybridized carbons (Fsp3) is 0.125. The second-order valence-electron chi connectivity index (χ2n) is 2.32. The number of halogens is 3. The van der Waals surface area contributed by atoms with Crippen LogP contribution < -0.4 is 5.73 Å². The maximum atomic E-state index is 13.0. The number of esters is 1. The third-order valence-electron chi connectivity index (χ3n) is 1.51. The van der Waals surface area contributed by atoms with E-state index in [1.165, 1.54) is 6.07 Å². The number of nitrogens with two attached hydrogens (primary N) is 1. The summed E-state index contributed by atoms with van der Waals surface area (Å²) in [5.41, 5.74) is 5.19. The van der Waals surface area contributed by atoms with E-state index in [1.807, 2.05) is 0 Å². The van der Waals surface area contributed by atoms with E-state index in [-0.39, 0.29) is 28.7 Å². The second kappa shape index (κ2) is 5.02. The van der Waals surface area contributed by atoms with Crippen LogP contribution in [-0.4, -0.2) is 13.1 Å². The molecule has 0 heterocycles. The minimum atomic E-state index is -0.838. The van der Waals surface area contributed by atoms with Crippen molar-refractivity contribution >= 4 is 35.7 Å². The SMILES string of the molecule is COC(=O)c1c(F)ccc(N)c1Cl.Cl. The third kappa shape index (κ3) is 2.27. The summed E-state index contributed by atoms with van der Waals surface area (Å²) in [7, 11) is 1.14. The summed E-state index contributed by atoms with van der Waals surface area (Å²) in [5, 5.41) is -0.119. The van der Waals surface area contributed by atoms with Crippen LogP contribution in [0.3, 0.4) is 0 Å². The Bertz CT molecular complexity index is 357. The standard InChI is InChI=1S/C8H7ClFNO2.ClH/c1-13-8(12)6-4(10)2-3-5(11)7(6)9;/h2-3H,11H2,1H3;1H. The highest BCUT2D eigenvalue weighted by Crippen LogP contribution is 2.26. The van der Waals surface area contributed by atoms with Crippen LogP contribution >= 0.6 is 24.0 Å². The lowest BCUT2D eigenvalue weighted by Gasteiger charge is -2.05. The van der Waals surface area contributed by atoms with Gasteiger partial charge in [-0.1, -0.05) is 11.6 Å². The van der Waals surface area contributed by atoms with Crippen molar-refractivity contribution < 1.29 is 13.9 Å². The summed E-state index contributed by atoms with van der Waals surface area (Å²) in [6.07, 6.45) is 0. The van der Waals surface area contributed by atoms with Crippen LogP contribution in [0.1, 0.15) is 10.4 Å². The van der Waals surface area contributed by atoms with Crippen molar-refractivity contribution in [2.45, 2.75) is 0 Å². The van der Waals surface area contributed by atoms with Gasteiger partial charge in [0.15, 0.2) is 0 Å². The Morgan fingerprint density at radius 2 is 2.14 bits per heavy atom. The van der Waals surface area contributed by atoms with Crippen molar-refractivity contribution in [2.75, 3.05) is 12.8 Å². The van der Waals surface area contributed by atoms with Gasteiger partial charge in [0.05, 0.1) is 17.8 Å². The number of rotatable bonds is 1. The fourth-order valence-electron chi connectivity index (χ4n) is 0.858. The molecule has 0 fully saturated rings. The molecule has 14 heavy (non-hydrogen) atoms. The van der Waals surface area contributed by atoms with Gasteiger partial charge >= 0.3 is 5.97 Å². The summed E-state index contributed by atoms with van der Waals surface area (Å²) >= 11 is 5.61. The smallest absolute Gasteiger partial charge is 0.342 e. The molecule has 0 saturated heterocycles. The van der Waals surface area contributed by atoms with Crippen LogP contribution in [0.25, 0.3) is 0 Å². The molecule has 6 heteroatoms. The van der Waals surface area contributed by atoms with E-state index in [4.69, 9.17) is 17.3 Å². The van der Waals surface area contributed by atoms with Crippen molar-refractivity contribution in [1.82, 2.24) is 0 Å². The van der Waals surface area contributed by atoms with Gasteiger partial charge in [-0.15, -0.1) is 12.4 Å². The van der Waals surface area contributed by atoms with Crippen LogP contribution in [0.2, 0.25) is 5.02 Å². The van der Waals surface area contributed by atoms with Crippen LogP contribution in [0.15, 0.2) is 12.1 Å². The topological polar surface area (TPSA) is 52.3 Å². The molecular weight excluding hydrogens is 232 g/mol. The number of carbonyl (C=O) groups excluding carboxylic acids is 1. The molecular formula is C8H8Cl2FNO2. The minimum absolute atomic E-state index is 0. The van der Waals surface area contributed by atoms with Gasteiger partial charge in [-0.25, -0.2) is 9.18 Å². The average Bonchev–Trinajstić information content (AvgIpc) is 2.12. The van der Waals surface area contributed by atoms with E-state index in [1.54, 1.807) is 0 Å². The third-order valence-corrected chi connectivity index (χ3v) is 1.92. The molecule has 0 unspecified atom stereocenters. The lowest BCUT2D eigenvalue weighted by atomic mass is 10.2. The lowest BCUT2D eigenvalue weighted by Crippen LogP contribution is -2.06. The molecule has 0 amide bonds. The van der Waals surface area contributed by atoms with E-state index < -0.39 is 11.8 Å². The lowest BCUT2D eigenvalue weighted by molar-refractivity contribution is 0.0596. The predicted molar refractivity (Wildman–Crippen MR) is 54.4 cm³/mol. The summed E-state index contributed by atoms with van der Waals surface area (Å²) in [6, 6.07) is 2.34. The zero-order valence-electron chi connectivity index (χ0n) is 7.21. The highest BCUT2D eigenvalue weighted by molar-refractivity contribution is 6.36. The number of nitrogen functional groups attached to an aromatic ring is 1. The molecule has 1 aromatic rings. The van der Waals surface area contributed by atoms with Gasteiger partial charge in [0.25, 0.3) is 0 Å². The molecule has 1 aromatic carbocycles. The molecule has 0 atom stereocenters. The summed E-state index contributed by atoms with van der Waals surface area (Å²) < 4.78 is 17.4. The number of methoxy groups -OCH3 is 1. The molecule has 0 aliphatic carbocycles. The highest BCUT2D eigenvalue weighted by atomic mass is 35.5. The maximum absolute atomic E-state index is 13.0. The van der Waals surface area contributed by atoms with Crippen LogP contribution in [0.4, 0.5) is 10.1 Å². The average molecular weight is 240 g/mol. The van der Waals surface area contributed by atoms with Gasteiger partial charge in [-0.05, 0) is 12.1 Å². The van der Waals surface area contributed by atoms with E-state index in [9.17, 15) is 9.18 Å². The summed E-state index contributed by atoms with van der Waals surface area (Å²) in [5.74, 6) is -1.58. The number of carbonyl (C=O) groups is 1. The van der Waals surface area contributed by atoms with Crippen molar-refractivity contribution in [1.29, 1.82) is 0 Å². The van der Waals surface area contributed by atoms with Gasteiger partial charge in [0, 0.05) is 0 Å². The first-order chi connectivity index (χ1) is 6.07. The Kier molecular flexibility index (Phi) is 4.67. The summed E-state index contributed by atoms with van der Waals surface area (Å²) in [6.45, 7) is 0. The Hall–Kier alpha value is -1.00. The first-order valence-electron chi connectivity index (χ1n) is 3.39. The van der Waals surface area contributed by atoms with E-state index >= 15 is 0 Å². The molecule has 1 rings (SSSR count). The Morgan fingerprint density at radius 1 is 1.57 bits per heavy atom. The summed E-state index contributed by atoms with van der Waals surface area (Å²) in [4.78, 5) is 11.0. The fourth-order valence-corrected chi connectivity index (χ4v) is 1.09. The molecule has 0 spiro atoms. The maximum Gasteiger partial charge on any atom is 0.342 e. The van der Waals surface area contributed by atoms with Crippen molar-refractivity contribution in [3.05, 3.63) is 28.5 Å². The van der Waals surface area contributed by atoms with Crippen molar-refractivity contribution in [2.24, 2.45) is 0 Å². The first kappa shape index (κ1) is 13.0. The molecule has 78 valence electrons. The van der Waals surface area contributed by atoms with Crippen LogP contribution in [-0.2, 0) is 4.74 Å². The molecule has 0 bridgehead atoms. The van der Waals surface area contributed by atoms with Gasteiger partial charge in [0.2, 0.25) is 0 Å². The molecule has 0 aliphatic rings. The molecule has 0 radical (unpaired) electrons. The van der Waals surface area contributed by atoms with Gasteiger partial charge in [-0.3, -0.25) is 0 Å². The second-order valence-corrected chi connectivity index (χ2v) is 2.70. The normalized spacial score (nSPS) is 9.07. The number of ether oxygens (including phenoxy) is 1. The Morgan fingerprint density at radius 3 is 2.64 bits per heavy atom. The van der Waals surface area contributed by atoms with E-state index in [2.05, 4.69) is 4.74 Å². The van der Waals surface area contributed by atoms with Gasteiger partial charge < -0.3 is 10.5 Å².